The molecular formula is C29H24BrFN4O4. The zero-order chi connectivity index (χ0) is 27.1. The zero-order valence-corrected chi connectivity index (χ0v) is 22.3. The van der Waals surface area contributed by atoms with Crippen molar-refractivity contribution in [3.8, 4) is 0 Å². The van der Waals surface area contributed by atoms with E-state index in [4.69, 9.17) is 4.42 Å². The highest BCUT2D eigenvalue weighted by atomic mass is 79.9. The van der Waals surface area contributed by atoms with Crippen molar-refractivity contribution in [3.05, 3.63) is 111 Å². The van der Waals surface area contributed by atoms with Gasteiger partial charge in [0.05, 0.1) is 17.1 Å². The van der Waals surface area contributed by atoms with E-state index in [1.54, 1.807) is 54.6 Å². The number of hydrogen-bond acceptors (Lipinski definition) is 5. The number of amides is 2. The molecular weight excluding hydrogens is 567 g/mol. The Hall–Kier alpha value is -4.18. The predicted molar refractivity (Wildman–Crippen MR) is 149 cm³/mol. The van der Waals surface area contributed by atoms with Crippen molar-refractivity contribution >= 4 is 44.8 Å². The zero-order valence-electron chi connectivity index (χ0n) is 20.7. The molecule has 8 nitrogen and oxygen atoms in total. The van der Waals surface area contributed by atoms with Gasteiger partial charge in [-0.05, 0) is 76.8 Å². The van der Waals surface area contributed by atoms with Crippen LogP contribution >= 0.6 is 15.9 Å². The minimum atomic E-state index is -0.543. The van der Waals surface area contributed by atoms with E-state index in [0.29, 0.717) is 30.0 Å². The molecule has 1 fully saturated rings. The maximum Gasteiger partial charge on any atom is 0.291 e. The van der Waals surface area contributed by atoms with Crippen LogP contribution in [0.4, 0.5) is 21.5 Å². The number of nitrogens with zero attached hydrogens (tertiary/aromatic N) is 2. The van der Waals surface area contributed by atoms with Crippen molar-refractivity contribution in [2.45, 2.75) is 18.9 Å². The number of rotatable bonds is 5. The first-order chi connectivity index (χ1) is 18.9. The van der Waals surface area contributed by atoms with Gasteiger partial charge in [-0.2, -0.15) is 0 Å². The topological polar surface area (TPSA) is 96.6 Å². The summed E-state index contributed by atoms with van der Waals surface area (Å²) in [4.78, 5) is 40.7. The Bertz CT molecular complexity index is 1650. The molecule has 2 unspecified atom stereocenters. The predicted octanol–water partition coefficient (Wildman–Crippen LogP) is 5.47. The van der Waals surface area contributed by atoms with Crippen LogP contribution < -0.4 is 21.1 Å². The van der Waals surface area contributed by atoms with E-state index in [1.807, 2.05) is 10.6 Å². The number of para-hydroxylation sites is 1. The van der Waals surface area contributed by atoms with Crippen molar-refractivity contribution < 1.29 is 18.4 Å². The van der Waals surface area contributed by atoms with Crippen molar-refractivity contribution in [1.29, 1.82) is 0 Å². The summed E-state index contributed by atoms with van der Waals surface area (Å²) < 4.78 is 21.8. The number of furan rings is 1. The quantitative estimate of drug-likeness (QED) is 0.321. The Morgan fingerprint density at radius 3 is 2.51 bits per heavy atom. The molecule has 10 heteroatoms. The maximum absolute atomic E-state index is 14.1. The van der Waals surface area contributed by atoms with Gasteiger partial charge in [0.1, 0.15) is 5.82 Å². The standard InChI is InChI=1S/C29H24BrFN4O4/c30-26-11-10-25(39-26)29(38)33-22-13-18(28(37)32-21-5-2-1-4-20(21)31)8-9-24(22)34-14-17-12-19(16-34)23-6-3-7-27(36)35(23)15-17/h1-11,13,17,19H,12,14-16H2,(H,32,37)(H,33,38). The molecule has 1 saturated heterocycles. The molecule has 0 spiro atoms. The second-order valence-corrected chi connectivity index (χ2v) is 10.6. The number of aromatic nitrogens is 1. The van der Waals surface area contributed by atoms with Crippen LogP contribution in [-0.2, 0) is 6.54 Å². The summed E-state index contributed by atoms with van der Waals surface area (Å²) in [5, 5.41) is 5.49. The Morgan fingerprint density at radius 1 is 0.897 bits per heavy atom. The maximum atomic E-state index is 14.1. The number of carbonyl (C=O) groups excluding carboxylic acids is 2. The molecule has 4 aromatic rings. The lowest BCUT2D eigenvalue weighted by atomic mass is 9.83. The first-order valence-corrected chi connectivity index (χ1v) is 13.4. The third-order valence-electron chi connectivity index (χ3n) is 7.25. The van der Waals surface area contributed by atoms with E-state index in [-0.39, 0.29) is 34.4 Å². The lowest BCUT2D eigenvalue weighted by Gasteiger charge is -2.44. The van der Waals surface area contributed by atoms with Gasteiger partial charge >= 0.3 is 0 Å². The van der Waals surface area contributed by atoms with Gasteiger partial charge in [0, 0.05) is 42.9 Å². The summed E-state index contributed by atoms with van der Waals surface area (Å²) >= 11 is 3.21. The molecule has 2 aliphatic rings. The number of anilines is 3. The summed E-state index contributed by atoms with van der Waals surface area (Å²) in [5.41, 5.74) is 2.52. The molecule has 0 radical (unpaired) electrons. The minimum absolute atomic E-state index is 0.0124. The second kappa shape index (κ2) is 10.2. The van der Waals surface area contributed by atoms with Gasteiger partial charge in [-0.3, -0.25) is 14.4 Å². The van der Waals surface area contributed by atoms with Gasteiger partial charge in [0.2, 0.25) is 0 Å². The Balaban J connectivity index is 1.33. The van der Waals surface area contributed by atoms with E-state index < -0.39 is 17.6 Å². The third-order valence-corrected chi connectivity index (χ3v) is 7.67. The van der Waals surface area contributed by atoms with Crippen molar-refractivity contribution in [1.82, 2.24) is 4.57 Å². The number of nitrogens with one attached hydrogen (secondary N) is 2. The highest BCUT2D eigenvalue weighted by molar-refractivity contribution is 9.10. The van der Waals surface area contributed by atoms with Gasteiger partial charge in [0.25, 0.3) is 17.4 Å². The summed E-state index contributed by atoms with van der Waals surface area (Å²) in [6.45, 7) is 1.97. The summed E-state index contributed by atoms with van der Waals surface area (Å²) in [5.74, 6) is -1.00. The molecule has 6 rings (SSSR count). The van der Waals surface area contributed by atoms with Crippen LogP contribution in [0, 0.1) is 11.7 Å². The molecule has 2 atom stereocenters. The van der Waals surface area contributed by atoms with Crippen LogP contribution in [0.15, 0.2) is 86.7 Å². The average molecular weight is 591 g/mol. The molecule has 198 valence electrons. The molecule has 39 heavy (non-hydrogen) atoms. The second-order valence-electron chi connectivity index (χ2n) is 9.83. The summed E-state index contributed by atoms with van der Waals surface area (Å²) in [6, 6.07) is 19.5. The van der Waals surface area contributed by atoms with Gasteiger partial charge in [0.15, 0.2) is 10.4 Å². The van der Waals surface area contributed by atoms with Crippen molar-refractivity contribution in [2.24, 2.45) is 5.92 Å². The molecule has 2 aromatic carbocycles. The van der Waals surface area contributed by atoms with Crippen LogP contribution in [0.3, 0.4) is 0 Å². The van der Waals surface area contributed by atoms with Gasteiger partial charge < -0.3 is 24.5 Å². The number of hydrogen-bond donors (Lipinski definition) is 2. The van der Waals surface area contributed by atoms with Gasteiger partial charge in [-0.1, -0.05) is 18.2 Å². The fourth-order valence-electron chi connectivity index (χ4n) is 5.52. The van der Waals surface area contributed by atoms with Gasteiger partial charge in [-0.15, -0.1) is 0 Å². The van der Waals surface area contributed by atoms with E-state index in [9.17, 15) is 18.8 Å². The molecule has 0 saturated carbocycles. The fourth-order valence-corrected chi connectivity index (χ4v) is 5.83. The number of pyridine rings is 1. The van der Waals surface area contributed by atoms with E-state index in [2.05, 4.69) is 31.5 Å². The number of carbonyl (C=O) groups is 2. The third kappa shape index (κ3) is 4.99. The van der Waals surface area contributed by atoms with Crippen molar-refractivity contribution in [2.75, 3.05) is 28.6 Å². The summed E-state index contributed by atoms with van der Waals surface area (Å²) in [6.07, 6.45) is 0.977. The smallest absolute Gasteiger partial charge is 0.291 e. The lowest BCUT2D eigenvalue weighted by molar-refractivity contribution is 0.0992. The molecule has 2 N–H and O–H groups in total. The van der Waals surface area contributed by atoms with E-state index in [0.717, 1.165) is 17.8 Å². The van der Waals surface area contributed by atoms with Crippen molar-refractivity contribution in [3.63, 3.8) is 0 Å². The fraction of sp³-hybridized carbons (Fsp3) is 0.207. The molecule has 2 aromatic heterocycles. The highest BCUT2D eigenvalue weighted by Gasteiger charge is 2.35. The van der Waals surface area contributed by atoms with E-state index in [1.165, 1.54) is 12.1 Å². The SMILES string of the molecule is O=C(Nc1ccccc1F)c1ccc(N2CC3CC(C2)c2cccc(=O)n2C3)c(NC(=O)c2ccc(Br)o2)c1. The van der Waals surface area contributed by atoms with Crippen LogP contribution in [0.2, 0.25) is 0 Å². The largest absolute Gasteiger partial charge is 0.444 e. The lowest BCUT2D eigenvalue weighted by Crippen LogP contribution is -2.47. The Morgan fingerprint density at radius 2 is 1.72 bits per heavy atom. The normalized spacial score (nSPS) is 17.8. The molecule has 2 amide bonds. The molecule has 0 aliphatic carbocycles. The molecule has 2 aliphatic heterocycles. The first-order valence-electron chi connectivity index (χ1n) is 12.6. The number of benzene rings is 2. The Kier molecular flexibility index (Phi) is 6.56. The van der Waals surface area contributed by atoms with Crippen LogP contribution in [0.25, 0.3) is 0 Å². The van der Waals surface area contributed by atoms with Crippen LogP contribution in [0.5, 0.6) is 0 Å². The highest BCUT2D eigenvalue weighted by Crippen LogP contribution is 2.39. The number of fused-ring (bicyclic) bond motifs is 4. The van der Waals surface area contributed by atoms with Crippen LogP contribution in [0.1, 0.15) is 38.9 Å². The first kappa shape index (κ1) is 25.1. The number of piperidine rings is 1. The van der Waals surface area contributed by atoms with Gasteiger partial charge in [-0.25, -0.2) is 4.39 Å². The molecule has 4 heterocycles. The summed E-state index contributed by atoms with van der Waals surface area (Å²) in [7, 11) is 0. The number of halogens is 2. The van der Waals surface area contributed by atoms with E-state index >= 15 is 0 Å². The minimum Gasteiger partial charge on any atom is -0.444 e. The molecule has 2 bridgehead atoms. The van der Waals surface area contributed by atoms with Crippen LogP contribution in [-0.4, -0.2) is 29.5 Å². The monoisotopic (exact) mass is 590 g/mol. The average Bonchev–Trinajstić information content (AvgIpc) is 3.37. The Labute approximate surface area is 231 Å².